The third-order valence-electron chi connectivity index (χ3n) is 2.84. The Morgan fingerprint density at radius 3 is 2.55 bits per heavy atom. The summed E-state index contributed by atoms with van der Waals surface area (Å²) in [5.74, 6) is -1.45. The third kappa shape index (κ3) is 3.14. The number of methoxy groups -OCH3 is 1. The number of hydrogen-bond acceptors (Lipinski definition) is 2. The lowest BCUT2D eigenvalue weighted by molar-refractivity contribution is 0.0988. The number of benzene rings is 2. The van der Waals surface area contributed by atoms with Crippen molar-refractivity contribution in [1.82, 2.24) is 0 Å². The second-order valence-corrected chi connectivity index (χ2v) is 4.62. The second-order valence-electron chi connectivity index (χ2n) is 4.18. The number of hydrogen-bond donors (Lipinski definition) is 0. The topological polar surface area (TPSA) is 26.3 Å². The first-order chi connectivity index (χ1) is 9.51. The van der Waals surface area contributed by atoms with E-state index in [1.54, 1.807) is 0 Å². The summed E-state index contributed by atoms with van der Waals surface area (Å²) >= 11 is 5.75. The predicted molar refractivity (Wildman–Crippen MR) is 72.4 cm³/mol. The Balaban J connectivity index is 2.26. The zero-order chi connectivity index (χ0) is 14.7. The molecular weight excluding hydrogens is 286 g/mol. The van der Waals surface area contributed by atoms with E-state index in [1.807, 2.05) is 0 Å². The average Bonchev–Trinajstić information content (AvgIpc) is 2.42. The van der Waals surface area contributed by atoms with E-state index in [0.717, 1.165) is 6.07 Å². The van der Waals surface area contributed by atoms with Crippen molar-refractivity contribution in [2.24, 2.45) is 0 Å². The highest BCUT2D eigenvalue weighted by atomic mass is 35.5. The number of ether oxygens (including phenoxy) is 1. The molecule has 0 atom stereocenters. The van der Waals surface area contributed by atoms with E-state index in [1.165, 1.54) is 37.4 Å². The van der Waals surface area contributed by atoms with Gasteiger partial charge >= 0.3 is 0 Å². The van der Waals surface area contributed by atoms with E-state index in [-0.39, 0.29) is 17.5 Å². The molecule has 20 heavy (non-hydrogen) atoms. The lowest BCUT2D eigenvalue weighted by Gasteiger charge is -2.06. The SMILES string of the molecule is COc1ccc(C(=O)Cc2cc(Cl)ccc2F)c(F)c1. The van der Waals surface area contributed by atoms with E-state index in [2.05, 4.69) is 0 Å². The molecule has 0 aromatic heterocycles. The predicted octanol–water partition coefficient (Wildman–Crippen LogP) is 4.05. The van der Waals surface area contributed by atoms with Gasteiger partial charge < -0.3 is 4.74 Å². The van der Waals surface area contributed by atoms with Crippen LogP contribution in [0.5, 0.6) is 5.75 Å². The van der Waals surface area contributed by atoms with Gasteiger partial charge in [0.05, 0.1) is 12.7 Å². The standard InChI is InChI=1S/C15H11ClF2O2/c1-20-11-3-4-12(14(18)8-11)15(19)7-9-6-10(16)2-5-13(9)17/h2-6,8H,7H2,1H3. The number of carbonyl (C=O) groups is 1. The van der Waals surface area contributed by atoms with Gasteiger partial charge in [-0.3, -0.25) is 4.79 Å². The van der Waals surface area contributed by atoms with Gasteiger partial charge in [-0.25, -0.2) is 8.78 Å². The molecule has 2 rings (SSSR count). The summed E-state index contributed by atoms with van der Waals surface area (Å²) in [7, 11) is 1.40. The summed E-state index contributed by atoms with van der Waals surface area (Å²) in [6, 6.07) is 7.83. The average molecular weight is 297 g/mol. The van der Waals surface area contributed by atoms with Gasteiger partial charge in [0.25, 0.3) is 0 Å². The molecule has 0 N–H and O–H groups in total. The largest absolute Gasteiger partial charge is 0.497 e. The number of Topliss-reactive ketones (excluding diaryl/α,β-unsaturated/α-hetero) is 1. The minimum Gasteiger partial charge on any atom is -0.497 e. The fourth-order valence-electron chi connectivity index (χ4n) is 1.80. The van der Waals surface area contributed by atoms with E-state index < -0.39 is 17.4 Å². The Kier molecular flexibility index (Phi) is 4.35. The molecule has 0 bridgehead atoms. The van der Waals surface area contributed by atoms with Crippen molar-refractivity contribution in [3.05, 3.63) is 64.2 Å². The van der Waals surface area contributed by atoms with Gasteiger partial charge in [0.2, 0.25) is 0 Å². The normalized spacial score (nSPS) is 10.4. The first-order valence-corrected chi connectivity index (χ1v) is 6.19. The monoisotopic (exact) mass is 296 g/mol. The van der Waals surface area contributed by atoms with Crippen molar-refractivity contribution in [3.8, 4) is 5.75 Å². The molecule has 0 aliphatic carbocycles. The quantitative estimate of drug-likeness (QED) is 0.796. The van der Waals surface area contributed by atoms with Crippen LogP contribution in [-0.2, 0) is 6.42 Å². The maximum absolute atomic E-state index is 13.7. The number of carbonyl (C=O) groups excluding carboxylic acids is 1. The van der Waals surface area contributed by atoms with Crippen LogP contribution in [0.1, 0.15) is 15.9 Å². The first-order valence-electron chi connectivity index (χ1n) is 5.82. The lowest BCUT2D eigenvalue weighted by Crippen LogP contribution is -2.07. The molecule has 0 aliphatic rings. The van der Waals surface area contributed by atoms with Crippen LogP contribution in [0.2, 0.25) is 5.02 Å². The molecule has 2 nitrogen and oxygen atoms in total. The summed E-state index contributed by atoms with van der Waals surface area (Å²) in [5.41, 5.74) is 0.0305. The molecule has 0 saturated heterocycles. The Morgan fingerprint density at radius 2 is 1.90 bits per heavy atom. The fraction of sp³-hybridized carbons (Fsp3) is 0.133. The minimum absolute atomic E-state index is 0.106. The zero-order valence-corrected chi connectivity index (χ0v) is 11.4. The fourth-order valence-corrected chi connectivity index (χ4v) is 1.99. The molecule has 0 fully saturated rings. The minimum atomic E-state index is -0.697. The first kappa shape index (κ1) is 14.5. The van der Waals surface area contributed by atoms with E-state index in [4.69, 9.17) is 16.3 Å². The summed E-state index contributed by atoms with van der Waals surface area (Å²) < 4.78 is 32.1. The van der Waals surface area contributed by atoms with Crippen molar-refractivity contribution in [2.75, 3.05) is 7.11 Å². The second kappa shape index (κ2) is 6.01. The smallest absolute Gasteiger partial charge is 0.170 e. The van der Waals surface area contributed by atoms with E-state index in [9.17, 15) is 13.6 Å². The molecule has 2 aromatic carbocycles. The molecule has 0 unspecified atom stereocenters. The molecule has 2 aromatic rings. The molecular formula is C15H11ClF2O2. The number of ketones is 1. The highest BCUT2D eigenvalue weighted by Crippen LogP contribution is 2.20. The van der Waals surface area contributed by atoms with Crippen molar-refractivity contribution < 1.29 is 18.3 Å². The van der Waals surface area contributed by atoms with Crippen LogP contribution in [-0.4, -0.2) is 12.9 Å². The molecule has 5 heteroatoms. The van der Waals surface area contributed by atoms with Gasteiger partial charge in [0, 0.05) is 17.5 Å². The van der Waals surface area contributed by atoms with Gasteiger partial charge in [0.15, 0.2) is 5.78 Å². The van der Waals surface area contributed by atoms with Gasteiger partial charge in [-0.15, -0.1) is 0 Å². The number of halogens is 3. The summed E-state index contributed by atoms with van der Waals surface area (Å²) in [4.78, 5) is 12.0. The Hall–Kier alpha value is -1.94. The van der Waals surface area contributed by atoms with Crippen molar-refractivity contribution in [2.45, 2.75) is 6.42 Å². The Labute approximate surface area is 119 Å². The molecule has 0 saturated carbocycles. The van der Waals surface area contributed by atoms with E-state index in [0.29, 0.717) is 10.8 Å². The third-order valence-corrected chi connectivity index (χ3v) is 3.07. The van der Waals surface area contributed by atoms with Gasteiger partial charge in [-0.2, -0.15) is 0 Å². The maximum atomic E-state index is 13.7. The molecule has 0 spiro atoms. The van der Waals surface area contributed by atoms with Gasteiger partial charge in [-0.1, -0.05) is 11.6 Å². The van der Waals surface area contributed by atoms with E-state index >= 15 is 0 Å². The van der Waals surface area contributed by atoms with Crippen LogP contribution in [0, 0.1) is 11.6 Å². The molecule has 0 amide bonds. The molecule has 0 radical (unpaired) electrons. The Bertz CT molecular complexity index is 656. The highest BCUT2D eigenvalue weighted by Gasteiger charge is 2.15. The summed E-state index contributed by atoms with van der Waals surface area (Å²) in [5, 5.41) is 0.324. The van der Waals surface area contributed by atoms with Crippen LogP contribution in [0.3, 0.4) is 0 Å². The van der Waals surface area contributed by atoms with Gasteiger partial charge in [-0.05, 0) is 35.9 Å². The van der Waals surface area contributed by atoms with Crippen LogP contribution in [0.25, 0.3) is 0 Å². The van der Waals surface area contributed by atoms with Crippen molar-refractivity contribution in [1.29, 1.82) is 0 Å². The lowest BCUT2D eigenvalue weighted by atomic mass is 10.0. The van der Waals surface area contributed by atoms with Crippen LogP contribution < -0.4 is 4.74 Å². The van der Waals surface area contributed by atoms with Crippen LogP contribution in [0.15, 0.2) is 36.4 Å². The summed E-state index contributed by atoms with van der Waals surface area (Å²) in [6.45, 7) is 0. The van der Waals surface area contributed by atoms with Crippen molar-refractivity contribution >= 4 is 17.4 Å². The molecule has 0 heterocycles. The summed E-state index contributed by atoms with van der Waals surface area (Å²) in [6.07, 6.45) is -0.254. The van der Waals surface area contributed by atoms with Crippen molar-refractivity contribution in [3.63, 3.8) is 0 Å². The van der Waals surface area contributed by atoms with Crippen LogP contribution in [0.4, 0.5) is 8.78 Å². The molecule has 0 aliphatic heterocycles. The van der Waals surface area contributed by atoms with Crippen LogP contribution >= 0.6 is 11.6 Å². The maximum Gasteiger partial charge on any atom is 0.170 e. The highest BCUT2D eigenvalue weighted by molar-refractivity contribution is 6.30. The zero-order valence-electron chi connectivity index (χ0n) is 10.6. The molecule has 104 valence electrons. The van der Waals surface area contributed by atoms with Gasteiger partial charge in [0.1, 0.15) is 17.4 Å². The Morgan fingerprint density at radius 1 is 1.15 bits per heavy atom. The number of rotatable bonds is 4.